The highest BCUT2D eigenvalue weighted by Gasteiger charge is 2.15. The molecule has 0 bridgehead atoms. The number of nitrogens with zero attached hydrogens (tertiary/aromatic N) is 2. The molecule has 0 spiro atoms. The lowest BCUT2D eigenvalue weighted by Gasteiger charge is -2.00. The fraction of sp³-hybridized carbons (Fsp3) is 0.333. The van der Waals surface area contributed by atoms with Gasteiger partial charge in [-0.1, -0.05) is 45.8 Å². The molecular weight excluding hydrogens is 303 g/mol. The van der Waals surface area contributed by atoms with Gasteiger partial charge in [-0.15, -0.1) is 10.2 Å². The van der Waals surface area contributed by atoms with Gasteiger partial charge in [0.25, 0.3) is 0 Å². The molecule has 0 aliphatic carbocycles. The second kappa shape index (κ2) is 5.23. The Balaban J connectivity index is 2.40. The van der Waals surface area contributed by atoms with Crippen LogP contribution in [-0.4, -0.2) is 10.2 Å². The zero-order valence-electron chi connectivity index (χ0n) is 9.58. The van der Waals surface area contributed by atoms with Gasteiger partial charge in [-0.2, -0.15) is 0 Å². The van der Waals surface area contributed by atoms with Crippen LogP contribution in [0, 0.1) is 12.7 Å². The van der Waals surface area contributed by atoms with Gasteiger partial charge in [-0.3, -0.25) is 0 Å². The molecule has 0 radical (unpaired) electrons. The third-order valence-electron chi connectivity index (χ3n) is 2.42. The van der Waals surface area contributed by atoms with Crippen molar-refractivity contribution in [2.75, 3.05) is 0 Å². The average Bonchev–Trinajstić information content (AvgIpc) is 2.80. The summed E-state index contributed by atoms with van der Waals surface area (Å²) in [4.78, 5) is 0.196. The molecule has 0 fully saturated rings. The third kappa shape index (κ3) is 2.72. The van der Waals surface area contributed by atoms with E-state index in [0.717, 1.165) is 17.0 Å². The van der Waals surface area contributed by atoms with Crippen LogP contribution in [0.1, 0.15) is 28.7 Å². The first-order valence-corrected chi connectivity index (χ1v) is 7.09. The monoisotopic (exact) mass is 314 g/mol. The van der Waals surface area contributed by atoms with E-state index in [4.69, 9.17) is 0 Å². The molecule has 0 saturated carbocycles. The highest BCUT2D eigenvalue weighted by molar-refractivity contribution is 9.09. The van der Waals surface area contributed by atoms with Crippen LogP contribution in [0.15, 0.2) is 18.2 Å². The summed E-state index contributed by atoms with van der Waals surface area (Å²) in [6.07, 6.45) is 0.935. The van der Waals surface area contributed by atoms with Crippen LogP contribution < -0.4 is 0 Å². The van der Waals surface area contributed by atoms with Gasteiger partial charge in [0.15, 0.2) is 5.01 Å². The van der Waals surface area contributed by atoms with E-state index in [2.05, 4.69) is 33.1 Å². The van der Waals surface area contributed by atoms with Gasteiger partial charge in [0.2, 0.25) is 0 Å². The maximum Gasteiger partial charge on any atom is 0.150 e. The maximum atomic E-state index is 13.7. The van der Waals surface area contributed by atoms with Crippen molar-refractivity contribution in [1.29, 1.82) is 0 Å². The van der Waals surface area contributed by atoms with E-state index in [1.807, 2.05) is 6.92 Å². The molecule has 90 valence electrons. The van der Waals surface area contributed by atoms with Crippen LogP contribution in [-0.2, 0) is 0 Å². The summed E-state index contributed by atoms with van der Waals surface area (Å²) in [7, 11) is 0. The van der Waals surface area contributed by atoms with Crippen molar-refractivity contribution in [1.82, 2.24) is 10.2 Å². The number of halogens is 2. The molecule has 2 rings (SSSR count). The molecule has 2 nitrogen and oxygen atoms in total. The lowest BCUT2D eigenvalue weighted by Crippen LogP contribution is -1.85. The number of aryl methyl sites for hydroxylation is 1. The van der Waals surface area contributed by atoms with E-state index in [9.17, 15) is 4.39 Å². The first-order valence-electron chi connectivity index (χ1n) is 5.35. The highest BCUT2D eigenvalue weighted by Crippen LogP contribution is 2.33. The molecule has 1 aromatic heterocycles. The van der Waals surface area contributed by atoms with Crippen molar-refractivity contribution in [3.05, 3.63) is 34.6 Å². The molecule has 0 aliphatic heterocycles. The Morgan fingerprint density at radius 3 is 2.88 bits per heavy atom. The van der Waals surface area contributed by atoms with Crippen molar-refractivity contribution >= 4 is 27.3 Å². The van der Waals surface area contributed by atoms with Crippen LogP contribution in [0.5, 0.6) is 0 Å². The van der Waals surface area contributed by atoms with Gasteiger partial charge in [-0.05, 0) is 25.5 Å². The average molecular weight is 315 g/mol. The van der Waals surface area contributed by atoms with Gasteiger partial charge in [0.1, 0.15) is 10.8 Å². The van der Waals surface area contributed by atoms with Crippen LogP contribution in [0.25, 0.3) is 10.6 Å². The quantitative estimate of drug-likeness (QED) is 0.780. The number of hydrogen-bond acceptors (Lipinski definition) is 3. The molecule has 1 atom stereocenters. The van der Waals surface area contributed by atoms with Crippen molar-refractivity contribution in [3.63, 3.8) is 0 Å². The third-order valence-corrected chi connectivity index (χ3v) is 4.87. The molecule has 0 N–H and O–H groups in total. The Morgan fingerprint density at radius 1 is 1.41 bits per heavy atom. The Bertz CT molecular complexity index is 527. The molecule has 0 amide bonds. The summed E-state index contributed by atoms with van der Waals surface area (Å²) < 4.78 is 13.7. The number of alkyl halides is 1. The highest BCUT2D eigenvalue weighted by atomic mass is 79.9. The lowest BCUT2D eigenvalue weighted by atomic mass is 10.1. The predicted molar refractivity (Wildman–Crippen MR) is 72.0 cm³/mol. The summed E-state index contributed by atoms with van der Waals surface area (Å²) in [6.45, 7) is 4.00. The number of aromatic nitrogens is 2. The molecule has 0 saturated heterocycles. The van der Waals surface area contributed by atoms with Gasteiger partial charge in [-0.25, -0.2) is 4.39 Å². The Morgan fingerprint density at radius 2 is 2.18 bits per heavy atom. The van der Waals surface area contributed by atoms with Crippen molar-refractivity contribution in [2.45, 2.75) is 25.1 Å². The summed E-state index contributed by atoms with van der Waals surface area (Å²) in [5.41, 5.74) is 1.55. The topological polar surface area (TPSA) is 25.8 Å². The SMILES string of the molecule is CCC(Br)c1nnc(-c2cc(C)ccc2F)s1. The molecule has 17 heavy (non-hydrogen) atoms. The first kappa shape index (κ1) is 12.6. The zero-order valence-corrected chi connectivity index (χ0v) is 12.0. The Kier molecular flexibility index (Phi) is 3.89. The van der Waals surface area contributed by atoms with E-state index in [0.29, 0.717) is 10.6 Å². The first-order chi connectivity index (χ1) is 8.11. The van der Waals surface area contributed by atoms with Crippen LogP contribution in [0.2, 0.25) is 0 Å². The van der Waals surface area contributed by atoms with Gasteiger partial charge < -0.3 is 0 Å². The van der Waals surface area contributed by atoms with Gasteiger partial charge >= 0.3 is 0 Å². The fourth-order valence-corrected chi connectivity index (χ4v) is 2.74. The van der Waals surface area contributed by atoms with Gasteiger partial charge in [0.05, 0.1) is 4.83 Å². The van der Waals surface area contributed by atoms with E-state index >= 15 is 0 Å². The molecule has 0 aliphatic rings. The fourth-order valence-electron chi connectivity index (χ4n) is 1.45. The standard InChI is InChI=1S/C12H12BrFN2S/c1-3-9(13)12-16-15-11(17-12)8-6-7(2)4-5-10(8)14/h4-6,9H,3H2,1-2H3. The summed E-state index contributed by atoms with van der Waals surface area (Å²) >= 11 is 4.95. The minimum atomic E-state index is -0.249. The Labute approximate surface area is 112 Å². The molecule has 5 heteroatoms. The van der Waals surface area contributed by atoms with E-state index < -0.39 is 0 Å². The minimum Gasteiger partial charge on any atom is -0.206 e. The number of hydrogen-bond donors (Lipinski definition) is 0. The summed E-state index contributed by atoms with van der Waals surface area (Å²) in [6, 6.07) is 5.02. The van der Waals surface area contributed by atoms with E-state index in [1.54, 1.807) is 12.1 Å². The molecule has 1 aromatic carbocycles. The van der Waals surface area contributed by atoms with E-state index in [1.165, 1.54) is 17.4 Å². The van der Waals surface area contributed by atoms with Crippen molar-refractivity contribution < 1.29 is 4.39 Å². The molecular formula is C12H12BrFN2S. The Hall–Kier alpha value is -0.810. The van der Waals surface area contributed by atoms with Crippen molar-refractivity contribution in [2.24, 2.45) is 0 Å². The second-order valence-corrected chi connectivity index (χ2v) is 5.92. The predicted octanol–water partition coefficient (Wildman–Crippen LogP) is 4.50. The van der Waals surface area contributed by atoms with Gasteiger partial charge in [0, 0.05) is 5.56 Å². The lowest BCUT2D eigenvalue weighted by molar-refractivity contribution is 0.630. The van der Waals surface area contributed by atoms with Crippen LogP contribution in [0.4, 0.5) is 4.39 Å². The van der Waals surface area contributed by atoms with Crippen molar-refractivity contribution in [3.8, 4) is 10.6 Å². The second-order valence-electron chi connectivity index (χ2n) is 3.80. The molecule has 2 aromatic rings. The summed E-state index contributed by atoms with van der Waals surface area (Å²) in [5, 5.41) is 9.68. The van der Waals surface area contributed by atoms with Crippen LogP contribution in [0.3, 0.4) is 0 Å². The van der Waals surface area contributed by atoms with E-state index in [-0.39, 0.29) is 10.6 Å². The number of benzene rings is 1. The van der Waals surface area contributed by atoms with Crippen LogP contribution >= 0.6 is 27.3 Å². The zero-order chi connectivity index (χ0) is 12.4. The smallest absolute Gasteiger partial charge is 0.150 e. The largest absolute Gasteiger partial charge is 0.206 e. The maximum absolute atomic E-state index is 13.7. The minimum absolute atomic E-state index is 0.196. The molecule has 1 heterocycles. The number of rotatable bonds is 3. The molecule has 1 unspecified atom stereocenters. The summed E-state index contributed by atoms with van der Waals surface area (Å²) in [5.74, 6) is -0.249. The normalized spacial score (nSPS) is 12.7.